The number of hydrogen-bond donors (Lipinski definition) is 1. The summed E-state index contributed by atoms with van der Waals surface area (Å²) in [4.78, 5) is 12.7. The van der Waals surface area contributed by atoms with Crippen LogP contribution in [0, 0.1) is 0 Å². The zero-order valence-corrected chi connectivity index (χ0v) is 17.8. The molecule has 3 rings (SSSR count). The van der Waals surface area contributed by atoms with Gasteiger partial charge >= 0.3 is 0 Å². The molecule has 0 heterocycles. The van der Waals surface area contributed by atoms with Crippen LogP contribution in [0.2, 0.25) is 0 Å². The van der Waals surface area contributed by atoms with E-state index in [9.17, 15) is 13.2 Å². The number of benzene rings is 2. The number of ether oxygens (including phenoxy) is 2. The smallest absolute Gasteiger partial charge is 0.251 e. The first-order chi connectivity index (χ1) is 13.8. The van der Waals surface area contributed by atoms with Gasteiger partial charge in [0, 0.05) is 11.8 Å². The van der Waals surface area contributed by atoms with E-state index in [4.69, 9.17) is 9.47 Å². The fourth-order valence-electron chi connectivity index (χ4n) is 3.45. The first-order valence-electron chi connectivity index (χ1n) is 9.73. The van der Waals surface area contributed by atoms with Gasteiger partial charge in [0.05, 0.1) is 24.2 Å². The highest BCUT2D eigenvalue weighted by Crippen LogP contribution is 2.33. The minimum atomic E-state index is -3.29. The second-order valence-corrected chi connectivity index (χ2v) is 9.44. The molecule has 0 bridgehead atoms. The number of carbonyl (C=O) groups excluding carboxylic acids is 1. The van der Waals surface area contributed by atoms with Crippen LogP contribution in [0.15, 0.2) is 47.4 Å². The van der Waals surface area contributed by atoms with Gasteiger partial charge in [0.2, 0.25) is 0 Å². The number of methoxy groups -OCH3 is 1. The molecule has 0 aliphatic heterocycles. The summed E-state index contributed by atoms with van der Waals surface area (Å²) in [5.41, 5.74) is 1.29. The van der Waals surface area contributed by atoms with E-state index in [1.165, 1.54) is 37.1 Å². The highest BCUT2D eigenvalue weighted by atomic mass is 32.2. The van der Waals surface area contributed by atoms with E-state index in [1.54, 1.807) is 7.11 Å². The van der Waals surface area contributed by atoms with Crippen LogP contribution < -0.4 is 14.8 Å². The summed E-state index contributed by atoms with van der Waals surface area (Å²) in [6, 6.07) is 11.3. The summed E-state index contributed by atoms with van der Waals surface area (Å²) in [5, 5.41) is 2.93. The minimum Gasteiger partial charge on any atom is -0.493 e. The van der Waals surface area contributed by atoms with Gasteiger partial charge in [-0.15, -0.1) is 0 Å². The van der Waals surface area contributed by atoms with Gasteiger partial charge in [0.15, 0.2) is 21.3 Å². The van der Waals surface area contributed by atoms with Crippen LogP contribution in [0.1, 0.15) is 54.6 Å². The van der Waals surface area contributed by atoms with E-state index in [1.807, 2.05) is 25.1 Å². The van der Waals surface area contributed by atoms with Crippen LogP contribution in [0.4, 0.5) is 0 Å². The predicted molar refractivity (Wildman–Crippen MR) is 111 cm³/mol. The van der Waals surface area contributed by atoms with Crippen LogP contribution in [-0.4, -0.2) is 33.8 Å². The molecule has 7 heteroatoms. The largest absolute Gasteiger partial charge is 0.493 e. The molecule has 1 aliphatic rings. The number of carbonyl (C=O) groups is 1. The van der Waals surface area contributed by atoms with Crippen molar-refractivity contribution >= 4 is 15.7 Å². The third-order valence-electron chi connectivity index (χ3n) is 5.18. The summed E-state index contributed by atoms with van der Waals surface area (Å²) in [5.74, 6) is 1.09. The second-order valence-electron chi connectivity index (χ2n) is 7.43. The van der Waals surface area contributed by atoms with E-state index >= 15 is 0 Å². The standard InChI is InChI=1S/C22H27NO5S/c1-15(23-22(24)16-8-11-19(12-9-16)29(3,25)26)17-10-13-20(21(14-17)27-2)28-18-6-4-5-7-18/h8-15,18H,4-7H2,1-3H3,(H,23,24). The first kappa shape index (κ1) is 21.2. The second kappa shape index (κ2) is 8.86. The van der Waals surface area contributed by atoms with Gasteiger partial charge in [-0.1, -0.05) is 6.07 Å². The molecule has 1 aliphatic carbocycles. The van der Waals surface area contributed by atoms with Crippen LogP contribution >= 0.6 is 0 Å². The molecule has 1 N–H and O–H groups in total. The predicted octanol–water partition coefficient (Wildman–Crippen LogP) is 3.91. The lowest BCUT2D eigenvalue weighted by molar-refractivity contribution is 0.0939. The quantitative estimate of drug-likeness (QED) is 0.739. The van der Waals surface area contributed by atoms with E-state index in [0.29, 0.717) is 11.3 Å². The molecule has 1 unspecified atom stereocenters. The minimum absolute atomic E-state index is 0.185. The summed E-state index contributed by atoms with van der Waals surface area (Å²) < 4.78 is 34.6. The average Bonchev–Trinajstić information content (AvgIpc) is 3.20. The van der Waals surface area contributed by atoms with Crippen molar-refractivity contribution in [1.82, 2.24) is 5.32 Å². The number of amides is 1. The Kier molecular flexibility index (Phi) is 6.47. The van der Waals surface area contributed by atoms with Crippen molar-refractivity contribution in [3.63, 3.8) is 0 Å². The van der Waals surface area contributed by atoms with Crippen LogP contribution in [-0.2, 0) is 9.84 Å². The Balaban J connectivity index is 1.69. The molecule has 0 radical (unpaired) electrons. The molecular formula is C22H27NO5S. The van der Waals surface area contributed by atoms with E-state index < -0.39 is 9.84 Å². The van der Waals surface area contributed by atoms with Crippen molar-refractivity contribution in [3.05, 3.63) is 53.6 Å². The third kappa shape index (κ3) is 5.29. The van der Waals surface area contributed by atoms with Crippen LogP contribution in [0.3, 0.4) is 0 Å². The zero-order chi connectivity index (χ0) is 21.0. The number of nitrogens with one attached hydrogen (secondary N) is 1. The molecule has 1 fully saturated rings. The molecule has 6 nitrogen and oxygen atoms in total. The van der Waals surface area contributed by atoms with Gasteiger partial charge in [-0.2, -0.15) is 0 Å². The average molecular weight is 418 g/mol. The van der Waals surface area contributed by atoms with Gasteiger partial charge in [0.25, 0.3) is 5.91 Å². The highest BCUT2D eigenvalue weighted by molar-refractivity contribution is 7.90. The van der Waals surface area contributed by atoms with Crippen molar-refractivity contribution in [2.75, 3.05) is 13.4 Å². The third-order valence-corrected chi connectivity index (χ3v) is 6.30. The summed E-state index contributed by atoms with van der Waals surface area (Å²) in [6.45, 7) is 1.88. The Morgan fingerprint density at radius 3 is 2.31 bits per heavy atom. The van der Waals surface area contributed by atoms with Crippen molar-refractivity contribution < 1.29 is 22.7 Å². The first-order valence-corrected chi connectivity index (χ1v) is 11.6. The summed E-state index contributed by atoms with van der Waals surface area (Å²) in [7, 11) is -1.69. The maximum Gasteiger partial charge on any atom is 0.251 e. The Labute approximate surface area is 172 Å². The lowest BCUT2D eigenvalue weighted by Gasteiger charge is -2.19. The molecule has 0 aromatic heterocycles. The number of sulfone groups is 1. The summed E-state index contributed by atoms with van der Waals surface area (Å²) in [6.07, 6.45) is 5.89. The van der Waals surface area contributed by atoms with Gasteiger partial charge in [0.1, 0.15) is 0 Å². The molecule has 2 aromatic carbocycles. The fraction of sp³-hybridized carbons (Fsp3) is 0.409. The van der Waals surface area contributed by atoms with Crippen molar-refractivity contribution in [1.29, 1.82) is 0 Å². The van der Waals surface area contributed by atoms with Crippen molar-refractivity contribution in [2.45, 2.75) is 49.6 Å². The fourth-order valence-corrected chi connectivity index (χ4v) is 4.08. The van der Waals surface area contributed by atoms with Gasteiger partial charge < -0.3 is 14.8 Å². The Morgan fingerprint density at radius 2 is 1.72 bits per heavy atom. The highest BCUT2D eigenvalue weighted by Gasteiger charge is 2.20. The van der Waals surface area contributed by atoms with Gasteiger partial charge in [-0.3, -0.25) is 4.79 Å². The van der Waals surface area contributed by atoms with Crippen molar-refractivity contribution in [3.8, 4) is 11.5 Å². The van der Waals surface area contributed by atoms with Gasteiger partial charge in [-0.25, -0.2) is 8.42 Å². The maximum atomic E-state index is 12.5. The molecule has 1 atom stereocenters. The van der Waals surface area contributed by atoms with Crippen molar-refractivity contribution in [2.24, 2.45) is 0 Å². The number of hydrogen-bond acceptors (Lipinski definition) is 5. The molecular weight excluding hydrogens is 390 g/mol. The van der Waals surface area contributed by atoms with Crippen LogP contribution in [0.5, 0.6) is 11.5 Å². The molecule has 29 heavy (non-hydrogen) atoms. The Hall–Kier alpha value is -2.54. The SMILES string of the molecule is COc1cc(C(C)NC(=O)c2ccc(S(C)(=O)=O)cc2)ccc1OC1CCCC1. The Morgan fingerprint density at radius 1 is 1.07 bits per heavy atom. The molecule has 156 valence electrons. The van der Waals surface area contributed by atoms with Crippen LogP contribution in [0.25, 0.3) is 0 Å². The number of rotatable bonds is 7. The lowest BCUT2D eigenvalue weighted by Crippen LogP contribution is -2.26. The lowest BCUT2D eigenvalue weighted by atomic mass is 10.1. The van der Waals surface area contributed by atoms with E-state index in [2.05, 4.69) is 5.32 Å². The van der Waals surface area contributed by atoms with E-state index in [0.717, 1.165) is 30.4 Å². The van der Waals surface area contributed by atoms with Gasteiger partial charge in [-0.05, 0) is 74.6 Å². The zero-order valence-electron chi connectivity index (χ0n) is 17.0. The molecule has 1 amide bonds. The molecule has 0 saturated heterocycles. The monoisotopic (exact) mass is 417 g/mol. The Bertz CT molecular complexity index is 963. The van der Waals surface area contributed by atoms with E-state index in [-0.39, 0.29) is 22.9 Å². The molecule has 2 aromatic rings. The normalized spacial score (nSPS) is 15.7. The molecule has 0 spiro atoms. The topological polar surface area (TPSA) is 81.7 Å². The maximum absolute atomic E-state index is 12.5. The summed E-state index contributed by atoms with van der Waals surface area (Å²) >= 11 is 0. The molecule has 1 saturated carbocycles.